The van der Waals surface area contributed by atoms with Gasteiger partial charge in [0, 0.05) is 49.8 Å². The number of carbonyl (C=O) groups excluding carboxylic acids is 1. The van der Waals surface area contributed by atoms with Crippen LogP contribution in [0.15, 0.2) is 24.7 Å². The highest BCUT2D eigenvalue weighted by atomic mass is 16.2. The Morgan fingerprint density at radius 3 is 2.81 bits per heavy atom. The molecular weight excluding hydrogens is 328 g/mol. The summed E-state index contributed by atoms with van der Waals surface area (Å²) in [6, 6.07) is 2.06. The number of nitrogens with two attached hydrogens (primary N) is 1. The first-order chi connectivity index (χ1) is 12.6. The number of hydrogen-bond donors (Lipinski definition) is 1. The van der Waals surface area contributed by atoms with Crippen molar-refractivity contribution in [3.8, 4) is 0 Å². The molecule has 1 fully saturated rings. The smallest absolute Gasteiger partial charge is 0.226 e. The highest BCUT2D eigenvalue weighted by molar-refractivity contribution is 5.79. The molecule has 2 N–H and O–H groups in total. The van der Waals surface area contributed by atoms with Gasteiger partial charge >= 0.3 is 0 Å². The van der Waals surface area contributed by atoms with Gasteiger partial charge in [-0.05, 0) is 43.4 Å². The molecular formula is C19H24N6O. The predicted molar refractivity (Wildman–Crippen MR) is 99.5 cm³/mol. The summed E-state index contributed by atoms with van der Waals surface area (Å²) >= 11 is 0. The van der Waals surface area contributed by atoms with Crippen LogP contribution in [0.3, 0.4) is 0 Å². The summed E-state index contributed by atoms with van der Waals surface area (Å²) in [6.45, 7) is 5.17. The molecule has 0 saturated carbocycles. The second-order valence-electron chi connectivity index (χ2n) is 7.13. The maximum Gasteiger partial charge on any atom is 0.226 e. The van der Waals surface area contributed by atoms with Gasteiger partial charge in [-0.15, -0.1) is 0 Å². The first kappa shape index (κ1) is 16.8. The number of rotatable bonds is 2. The molecule has 1 saturated heterocycles. The number of aryl methyl sites for hydroxylation is 1. The first-order valence-corrected chi connectivity index (χ1v) is 9.16. The number of hydrogen-bond acceptors (Lipinski definition) is 6. The fraction of sp³-hybridized carbons (Fsp3) is 0.474. The summed E-state index contributed by atoms with van der Waals surface area (Å²) in [4.78, 5) is 29.8. The summed E-state index contributed by atoms with van der Waals surface area (Å²) in [5.74, 6) is 0.618. The summed E-state index contributed by atoms with van der Waals surface area (Å²) in [5.41, 5.74) is 10.1. The van der Waals surface area contributed by atoms with E-state index >= 15 is 0 Å². The molecule has 2 aliphatic heterocycles. The number of fused-ring (bicyclic) bond motifs is 1. The molecule has 0 atom stereocenters. The van der Waals surface area contributed by atoms with Gasteiger partial charge in [0.05, 0.1) is 12.2 Å². The number of aromatic nitrogens is 3. The monoisotopic (exact) mass is 352 g/mol. The molecule has 7 nitrogen and oxygen atoms in total. The lowest BCUT2D eigenvalue weighted by Crippen LogP contribution is -2.44. The van der Waals surface area contributed by atoms with Gasteiger partial charge in [-0.1, -0.05) is 0 Å². The molecule has 1 amide bonds. The van der Waals surface area contributed by atoms with Crippen LogP contribution in [-0.4, -0.2) is 45.4 Å². The highest BCUT2D eigenvalue weighted by Gasteiger charge is 2.31. The van der Waals surface area contributed by atoms with Gasteiger partial charge in [0.2, 0.25) is 11.9 Å². The molecule has 0 spiro atoms. The number of nitrogens with zero attached hydrogens (tertiary/aromatic N) is 5. The summed E-state index contributed by atoms with van der Waals surface area (Å²) < 4.78 is 0. The molecule has 2 aliphatic rings. The van der Waals surface area contributed by atoms with Crippen molar-refractivity contribution in [2.45, 2.75) is 32.7 Å². The SMILES string of the molecule is Cc1cnccc1N1CCC(C(=O)N2CCc3cnc(N)nc3C2)CC1. The molecule has 0 radical (unpaired) electrons. The van der Waals surface area contributed by atoms with Gasteiger partial charge in [-0.2, -0.15) is 0 Å². The van der Waals surface area contributed by atoms with Gasteiger partial charge in [-0.25, -0.2) is 9.97 Å². The number of anilines is 2. The Morgan fingerprint density at radius 1 is 1.23 bits per heavy atom. The first-order valence-electron chi connectivity index (χ1n) is 9.16. The van der Waals surface area contributed by atoms with E-state index in [9.17, 15) is 4.79 Å². The Morgan fingerprint density at radius 2 is 2.04 bits per heavy atom. The Hall–Kier alpha value is -2.70. The maximum atomic E-state index is 13.0. The Kier molecular flexibility index (Phi) is 4.44. The van der Waals surface area contributed by atoms with E-state index in [0.29, 0.717) is 6.54 Å². The standard InChI is InChI=1S/C19H24N6O/c1-13-10-21-6-2-17(13)24-7-3-14(4-8-24)18(26)25-9-5-15-11-22-19(20)23-16(15)12-25/h2,6,10-11,14H,3-5,7-9,12H2,1H3,(H2,20,22,23). The predicted octanol–water partition coefficient (Wildman–Crippen LogP) is 1.56. The van der Waals surface area contributed by atoms with Gasteiger partial charge < -0.3 is 15.5 Å². The lowest BCUT2D eigenvalue weighted by Gasteiger charge is -2.37. The zero-order valence-corrected chi connectivity index (χ0v) is 15.1. The third kappa shape index (κ3) is 3.21. The van der Waals surface area contributed by atoms with Crippen LogP contribution in [0.4, 0.5) is 11.6 Å². The molecule has 0 bridgehead atoms. The Labute approximate surface area is 153 Å². The van der Waals surface area contributed by atoms with Crippen LogP contribution in [0.25, 0.3) is 0 Å². The van der Waals surface area contributed by atoms with Crippen molar-refractivity contribution in [2.75, 3.05) is 30.3 Å². The molecule has 0 aromatic carbocycles. The van der Waals surface area contributed by atoms with Crippen LogP contribution < -0.4 is 10.6 Å². The van der Waals surface area contributed by atoms with Crippen molar-refractivity contribution < 1.29 is 4.79 Å². The minimum atomic E-state index is 0.0918. The third-order valence-electron chi connectivity index (χ3n) is 5.45. The van der Waals surface area contributed by atoms with Crippen LogP contribution in [0.5, 0.6) is 0 Å². The van der Waals surface area contributed by atoms with E-state index in [2.05, 4.69) is 32.8 Å². The Bertz CT molecular complexity index is 815. The number of carbonyl (C=O) groups is 1. The molecule has 2 aromatic rings. The summed E-state index contributed by atoms with van der Waals surface area (Å²) in [7, 11) is 0. The number of nitrogen functional groups attached to an aromatic ring is 1. The van der Waals surface area contributed by atoms with Crippen molar-refractivity contribution >= 4 is 17.5 Å². The zero-order chi connectivity index (χ0) is 18.1. The van der Waals surface area contributed by atoms with Crippen LogP contribution in [-0.2, 0) is 17.8 Å². The van der Waals surface area contributed by atoms with E-state index in [1.165, 1.54) is 11.3 Å². The van der Waals surface area contributed by atoms with Crippen LogP contribution in [0.2, 0.25) is 0 Å². The van der Waals surface area contributed by atoms with Crippen molar-refractivity contribution in [1.82, 2.24) is 19.9 Å². The minimum absolute atomic E-state index is 0.0918. The zero-order valence-electron chi connectivity index (χ0n) is 15.1. The van der Waals surface area contributed by atoms with E-state index in [1.807, 2.05) is 17.3 Å². The van der Waals surface area contributed by atoms with Crippen molar-refractivity contribution in [3.63, 3.8) is 0 Å². The number of piperidine rings is 1. The van der Waals surface area contributed by atoms with Gasteiger partial charge in [-0.3, -0.25) is 9.78 Å². The second-order valence-corrected chi connectivity index (χ2v) is 7.13. The largest absolute Gasteiger partial charge is 0.371 e. The van der Waals surface area contributed by atoms with Gasteiger partial charge in [0.15, 0.2) is 0 Å². The molecule has 136 valence electrons. The van der Waals surface area contributed by atoms with E-state index in [0.717, 1.165) is 50.2 Å². The van der Waals surface area contributed by atoms with Crippen LogP contribution >= 0.6 is 0 Å². The molecule has 4 heterocycles. The number of amides is 1. The minimum Gasteiger partial charge on any atom is -0.371 e. The fourth-order valence-electron chi connectivity index (χ4n) is 3.95. The van der Waals surface area contributed by atoms with Crippen molar-refractivity contribution in [1.29, 1.82) is 0 Å². The molecule has 4 rings (SSSR count). The van der Waals surface area contributed by atoms with Crippen LogP contribution in [0, 0.1) is 12.8 Å². The Balaban J connectivity index is 1.39. The van der Waals surface area contributed by atoms with E-state index in [4.69, 9.17) is 5.73 Å². The van der Waals surface area contributed by atoms with Crippen LogP contribution in [0.1, 0.15) is 29.7 Å². The molecule has 26 heavy (non-hydrogen) atoms. The summed E-state index contributed by atoms with van der Waals surface area (Å²) in [5, 5.41) is 0. The summed E-state index contributed by atoms with van der Waals surface area (Å²) in [6.07, 6.45) is 8.08. The molecule has 0 unspecified atom stereocenters. The van der Waals surface area contributed by atoms with Gasteiger partial charge in [0.25, 0.3) is 0 Å². The highest BCUT2D eigenvalue weighted by Crippen LogP contribution is 2.28. The fourth-order valence-corrected chi connectivity index (χ4v) is 3.95. The lowest BCUT2D eigenvalue weighted by molar-refractivity contribution is -0.137. The average Bonchev–Trinajstić information content (AvgIpc) is 2.67. The van der Waals surface area contributed by atoms with Crippen molar-refractivity contribution in [2.24, 2.45) is 5.92 Å². The molecule has 7 heteroatoms. The van der Waals surface area contributed by atoms with E-state index in [-0.39, 0.29) is 17.8 Å². The quantitative estimate of drug-likeness (QED) is 0.882. The lowest BCUT2D eigenvalue weighted by atomic mass is 9.93. The molecule has 0 aliphatic carbocycles. The molecule has 2 aromatic heterocycles. The maximum absolute atomic E-state index is 13.0. The van der Waals surface area contributed by atoms with E-state index < -0.39 is 0 Å². The van der Waals surface area contributed by atoms with Crippen molar-refractivity contribution in [3.05, 3.63) is 41.5 Å². The third-order valence-corrected chi connectivity index (χ3v) is 5.45. The number of pyridine rings is 1. The van der Waals surface area contributed by atoms with E-state index in [1.54, 1.807) is 6.20 Å². The topological polar surface area (TPSA) is 88.2 Å². The average molecular weight is 352 g/mol. The van der Waals surface area contributed by atoms with Gasteiger partial charge in [0.1, 0.15) is 0 Å². The normalized spacial score (nSPS) is 17.9. The second kappa shape index (κ2) is 6.90.